The largest absolute Gasteiger partial charge is 0.396 e. The van der Waals surface area contributed by atoms with Crippen LogP contribution in [0, 0.1) is 5.92 Å². The van der Waals surface area contributed by atoms with Crippen molar-refractivity contribution in [2.75, 3.05) is 24.6 Å². The summed E-state index contributed by atoms with van der Waals surface area (Å²) in [6.45, 7) is 2.27. The van der Waals surface area contributed by atoms with Crippen molar-refractivity contribution in [2.24, 2.45) is 5.92 Å². The Balaban J connectivity index is 2.19. The Bertz CT molecular complexity index is 356. The van der Waals surface area contributed by atoms with E-state index in [9.17, 15) is 0 Å². The van der Waals surface area contributed by atoms with Gasteiger partial charge >= 0.3 is 0 Å². The number of halogens is 2. The quantitative estimate of drug-likeness (QED) is 0.898. The van der Waals surface area contributed by atoms with Crippen LogP contribution in [0.3, 0.4) is 0 Å². The Morgan fingerprint density at radius 1 is 1.40 bits per heavy atom. The highest BCUT2D eigenvalue weighted by Gasteiger charge is 2.23. The van der Waals surface area contributed by atoms with E-state index in [0.717, 1.165) is 28.5 Å². The van der Waals surface area contributed by atoms with Crippen molar-refractivity contribution in [1.29, 1.82) is 0 Å². The lowest BCUT2D eigenvalue weighted by Crippen LogP contribution is -2.20. The van der Waals surface area contributed by atoms with Crippen molar-refractivity contribution < 1.29 is 5.11 Å². The van der Waals surface area contributed by atoms with Crippen LogP contribution in [0.4, 0.5) is 5.69 Å². The number of rotatable bonds is 2. The average Bonchev–Trinajstić information content (AvgIpc) is 2.70. The summed E-state index contributed by atoms with van der Waals surface area (Å²) in [5.41, 5.74) is 1.21. The van der Waals surface area contributed by atoms with E-state index in [1.54, 1.807) is 0 Å². The SMILES string of the molecule is OCC1CCN(c2cc(Br)ccc2Br)C1. The third-order valence-electron chi connectivity index (χ3n) is 2.79. The summed E-state index contributed by atoms with van der Waals surface area (Å²) >= 11 is 7.04. The number of benzene rings is 1. The molecule has 1 unspecified atom stereocenters. The minimum atomic E-state index is 0.294. The molecule has 1 saturated heterocycles. The molecule has 82 valence electrons. The fraction of sp³-hybridized carbons (Fsp3) is 0.455. The zero-order valence-corrected chi connectivity index (χ0v) is 11.5. The number of anilines is 1. The van der Waals surface area contributed by atoms with Crippen molar-refractivity contribution >= 4 is 37.5 Å². The molecule has 15 heavy (non-hydrogen) atoms. The summed E-state index contributed by atoms with van der Waals surface area (Å²) in [4.78, 5) is 2.32. The van der Waals surface area contributed by atoms with Crippen LogP contribution in [0.15, 0.2) is 27.1 Å². The molecule has 0 aliphatic carbocycles. The lowest BCUT2D eigenvalue weighted by molar-refractivity contribution is 0.238. The molecule has 0 radical (unpaired) electrons. The van der Waals surface area contributed by atoms with Crippen molar-refractivity contribution in [3.63, 3.8) is 0 Å². The monoisotopic (exact) mass is 333 g/mol. The fourth-order valence-electron chi connectivity index (χ4n) is 1.93. The third-order valence-corrected chi connectivity index (χ3v) is 3.96. The van der Waals surface area contributed by atoms with E-state index in [0.29, 0.717) is 12.5 Å². The second-order valence-corrected chi connectivity index (χ2v) is 5.65. The number of nitrogens with zero attached hydrogens (tertiary/aromatic N) is 1. The van der Waals surface area contributed by atoms with Crippen LogP contribution in [-0.4, -0.2) is 24.8 Å². The lowest BCUT2D eigenvalue weighted by atomic mass is 10.1. The zero-order chi connectivity index (χ0) is 10.8. The molecule has 0 spiro atoms. The maximum atomic E-state index is 9.11. The van der Waals surface area contributed by atoms with Crippen LogP contribution >= 0.6 is 31.9 Å². The van der Waals surface area contributed by atoms with E-state index in [-0.39, 0.29) is 0 Å². The highest BCUT2D eigenvalue weighted by Crippen LogP contribution is 2.32. The summed E-state index contributed by atoms with van der Waals surface area (Å²) < 4.78 is 2.21. The second-order valence-electron chi connectivity index (χ2n) is 3.88. The van der Waals surface area contributed by atoms with Gasteiger partial charge in [0, 0.05) is 34.6 Å². The lowest BCUT2D eigenvalue weighted by Gasteiger charge is -2.20. The van der Waals surface area contributed by atoms with Crippen LogP contribution in [-0.2, 0) is 0 Å². The fourth-order valence-corrected chi connectivity index (χ4v) is 2.78. The Kier molecular flexibility index (Phi) is 3.69. The molecule has 2 rings (SSSR count). The smallest absolute Gasteiger partial charge is 0.0522 e. The Morgan fingerprint density at radius 2 is 2.20 bits per heavy atom. The van der Waals surface area contributed by atoms with Gasteiger partial charge in [0.05, 0.1) is 5.69 Å². The molecular weight excluding hydrogens is 322 g/mol. The maximum absolute atomic E-state index is 9.11. The van der Waals surface area contributed by atoms with Gasteiger partial charge in [-0.05, 0) is 40.5 Å². The van der Waals surface area contributed by atoms with Gasteiger partial charge in [-0.1, -0.05) is 15.9 Å². The maximum Gasteiger partial charge on any atom is 0.0522 e. The molecule has 1 N–H and O–H groups in total. The molecule has 1 aliphatic heterocycles. The van der Waals surface area contributed by atoms with Gasteiger partial charge in [0.25, 0.3) is 0 Å². The molecule has 4 heteroatoms. The number of hydrogen-bond donors (Lipinski definition) is 1. The molecule has 2 nitrogen and oxygen atoms in total. The van der Waals surface area contributed by atoms with Crippen molar-refractivity contribution in [1.82, 2.24) is 0 Å². The van der Waals surface area contributed by atoms with E-state index < -0.39 is 0 Å². The van der Waals surface area contributed by atoms with E-state index in [4.69, 9.17) is 5.11 Å². The van der Waals surface area contributed by atoms with Crippen molar-refractivity contribution in [2.45, 2.75) is 6.42 Å². The van der Waals surface area contributed by atoms with Crippen molar-refractivity contribution in [3.8, 4) is 0 Å². The van der Waals surface area contributed by atoms with Crippen LogP contribution in [0.1, 0.15) is 6.42 Å². The van der Waals surface area contributed by atoms with E-state index in [1.165, 1.54) is 5.69 Å². The van der Waals surface area contributed by atoms with Gasteiger partial charge in [-0.15, -0.1) is 0 Å². The predicted molar refractivity (Wildman–Crippen MR) is 69.2 cm³/mol. The van der Waals surface area contributed by atoms with Gasteiger partial charge in [0.2, 0.25) is 0 Å². The van der Waals surface area contributed by atoms with E-state index in [2.05, 4.69) is 42.8 Å². The van der Waals surface area contributed by atoms with Gasteiger partial charge in [-0.2, -0.15) is 0 Å². The molecule has 1 aromatic carbocycles. The predicted octanol–water partition coefficient (Wildman–Crippen LogP) is 3.03. The second kappa shape index (κ2) is 4.85. The Labute approximate surface area is 107 Å². The van der Waals surface area contributed by atoms with Gasteiger partial charge < -0.3 is 10.0 Å². The first-order chi connectivity index (χ1) is 7.20. The summed E-state index contributed by atoms with van der Waals surface area (Å²) in [6, 6.07) is 6.18. The molecule has 1 aromatic rings. The summed E-state index contributed by atoms with van der Waals surface area (Å²) in [5.74, 6) is 0.427. The normalized spacial score (nSPS) is 21.0. The van der Waals surface area contributed by atoms with Gasteiger partial charge in [-0.25, -0.2) is 0 Å². The van der Waals surface area contributed by atoms with Crippen molar-refractivity contribution in [3.05, 3.63) is 27.1 Å². The Morgan fingerprint density at radius 3 is 2.87 bits per heavy atom. The van der Waals surface area contributed by atoms with Crippen LogP contribution in [0.2, 0.25) is 0 Å². The summed E-state index contributed by atoms with van der Waals surface area (Å²) in [6.07, 6.45) is 1.08. The first kappa shape index (κ1) is 11.4. The minimum Gasteiger partial charge on any atom is -0.396 e. The third kappa shape index (κ3) is 2.55. The van der Waals surface area contributed by atoms with Gasteiger partial charge in [-0.3, -0.25) is 0 Å². The number of aliphatic hydroxyl groups is 1. The molecule has 0 aromatic heterocycles. The van der Waals surface area contributed by atoms with Gasteiger partial charge in [0.15, 0.2) is 0 Å². The number of hydrogen-bond acceptors (Lipinski definition) is 2. The summed E-state index contributed by atoms with van der Waals surface area (Å²) in [7, 11) is 0. The zero-order valence-electron chi connectivity index (χ0n) is 8.29. The highest BCUT2D eigenvalue weighted by atomic mass is 79.9. The molecule has 1 fully saturated rings. The number of aliphatic hydroxyl groups excluding tert-OH is 1. The standard InChI is InChI=1S/C11H13Br2NO/c12-9-1-2-10(13)11(5-9)14-4-3-8(6-14)7-15/h1-2,5,8,15H,3-4,6-7H2. The van der Waals surface area contributed by atoms with E-state index in [1.807, 2.05) is 12.1 Å². The average molecular weight is 335 g/mol. The topological polar surface area (TPSA) is 23.5 Å². The molecule has 0 amide bonds. The molecular formula is C11H13Br2NO. The summed E-state index contributed by atoms with van der Waals surface area (Å²) in [5, 5.41) is 9.11. The molecule has 0 saturated carbocycles. The van der Waals surface area contributed by atoms with E-state index >= 15 is 0 Å². The van der Waals surface area contributed by atoms with Crippen LogP contribution < -0.4 is 4.90 Å². The van der Waals surface area contributed by atoms with Gasteiger partial charge in [0.1, 0.15) is 0 Å². The molecule has 0 bridgehead atoms. The highest BCUT2D eigenvalue weighted by molar-refractivity contribution is 9.11. The van der Waals surface area contributed by atoms with Crippen LogP contribution in [0.5, 0.6) is 0 Å². The molecule has 1 aliphatic rings. The first-order valence-corrected chi connectivity index (χ1v) is 6.60. The minimum absolute atomic E-state index is 0.294. The molecule has 1 heterocycles. The first-order valence-electron chi connectivity index (χ1n) is 5.01. The Hall–Kier alpha value is -0.0600. The van der Waals surface area contributed by atoms with Crippen LogP contribution in [0.25, 0.3) is 0 Å². The molecule has 1 atom stereocenters.